The lowest BCUT2D eigenvalue weighted by molar-refractivity contribution is -0.870. The van der Waals surface area contributed by atoms with E-state index in [4.69, 9.17) is 9.05 Å². The predicted molar refractivity (Wildman–Crippen MR) is 286 cm³/mol. The van der Waals surface area contributed by atoms with E-state index in [1.807, 2.05) is 27.2 Å². The summed E-state index contributed by atoms with van der Waals surface area (Å²) < 4.78 is 23.7. The predicted octanol–water partition coefficient (Wildman–Crippen LogP) is 16.3. The number of likely N-dealkylation sites (N-methyl/N-ethyl adjacent to an activating group) is 1. The van der Waals surface area contributed by atoms with Crippen molar-refractivity contribution in [3.05, 3.63) is 72.9 Å². The fourth-order valence-electron chi connectivity index (χ4n) is 7.66. The number of hydrogen-bond acceptors (Lipinski definition) is 5. The van der Waals surface area contributed by atoms with E-state index in [1.54, 1.807) is 6.08 Å². The number of phosphoric acid groups is 1. The number of aliphatic hydroxyl groups is 1. The van der Waals surface area contributed by atoms with Crippen molar-refractivity contribution < 1.29 is 32.9 Å². The number of nitrogens with one attached hydrogen (secondary N) is 1. The van der Waals surface area contributed by atoms with Crippen LogP contribution in [0.4, 0.5) is 0 Å². The standard InChI is InChI=1S/C57H105N2O6P/c1-6-8-10-12-14-16-18-20-22-24-26-27-28-29-30-31-33-34-36-38-40-42-44-46-48-50-56(60)55(54-65-66(62,63)64-53-52-59(3,4)5)58-57(61)51-49-47-45-43-41-39-37-35-32-25-23-21-19-17-15-13-11-9-7-2/h9,11,15,17,21,23,32,35,39,41,48,50,55-56,60H,6-8,10,12-14,16,18-20,22,24-31,33-34,36-38,40,42-47,49,51-54H2,1-5H3,(H-,58,61,62,63)/p+1/b11-9-,17-15-,23-21-,35-32-,41-39-,50-48+. The second-order valence-corrected chi connectivity index (χ2v) is 21.0. The number of allylic oxidation sites excluding steroid dienone is 11. The van der Waals surface area contributed by atoms with Gasteiger partial charge in [-0.15, -0.1) is 0 Å². The molecule has 0 aliphatic rings. The molecule has 1 amide bonds. The fourth-order valence-corrected chi connectivity index (χ4v) is 8.39. The normalized spacial score (nSPS) is 14.6. The maximum Gasteiger partial charge on any atom is 0.472 e. The minimum Gasteiger partial charge on any atom is -0.387 e. The molecule has 8 nitrogen and oxygen atoms in total. The summed E-state index contributed by atoms with van der Waals surface area (Å²) >= 11 is 0. The van der Waals surface area contributed by atoms with Crippen LogP contribution in [0.3, 0.4) is 0 Å². The summed E-state index contributed by atoms with van der Waals surface area (Å²) in [4.78, 5) is 23.2. The van der Waals surface area contributed by atoms with Crippen molar-refractivity contribution in [1.29, 1.82) is 0 Å². The molecular weight excluding hydrogens is 840 g/mol. The van der Waals surface area contributed by atoms with Gasteiger partial charge in [0.05, 0.1) is 39.9 Å². The van der Waals surface area contributed by atoms with Gasteiger partial charge in [-0.05, 0) is 64.2 Å². The van der Waals surface area contributed by atoms with Crippen molar-refractivity contribution in [2.24, 2.45) is 0 Å². The van der Waals surface area contributed by atoms with Gasteiger partial charge in [0.15, 0.2) is 0 Å². The van der Waals surface area contributed by atoms with Crippen LogP contribution in [0.5, 0.6) is 0 Å². The number of quaternary nitrogens is 1. The Kier molecular flexibility index (Phi) is 46.5. The third kappa shape index (κ3) is 49.8. The van der Waals surface area contributed by atoms with E-state index < -0.39 is 20.0 Å². The molecule has 0 aromatic carbocycles. The minimum absolute atomic E-state index is 0.0515. The van der Waals surface area contributed by atoms with Gasteiger partial charge in [-0.2, -0.15) is 0 Å². The van der Waals surface area contributed by atoms with E-state index in [0.717, 1.165) is 77.0 Å². The van der Waals surface area contributed by atoms with Gasteiger partial charge in [0.2, 0.25) is 5.91 Å². The maximum atomic E-state index is 12.9. The van der Waals surface area contributed by atoms with E-state index in [-0.39, 0.29) is 19.1 Å². The molecule has 0 aliphatic heterocycles. The Bertz CT molecular complexity index is 1300. The molecule has 9 heteroatoms. The monoisotopic (exact) mass is 946 g/mol. The summed E-state index contributed by atoms with van der Waals surface area (Å²) in [7, 11) is 1.54. The van der Waals surface area contributed by atoms with Gasteiger partial charge in [0, 0.05) is 6.42 Å². The van der Waals surface area contributed by atoms with E-state index in [1.165, 1.54) is 135 Å². The number of rotatable bonds is 49. The first kappa shape index (κ1) is 63.9. The van der Waals surface area contributed by atoms with Crippen molar-refractivity contribution in [2.45, 2.75) is 244 Å². The third-order valence-electron chi connectivity index (χ3n) is 11.9. The van der Waals surface area contributed by atoms with Gasteiger partial charge in [-0.1, -0.05) is 234 Å². The van der Waals surface area contributed by atoms with Crippen molar-refractivity contribution >= 4 is 13.7 Å². The fraction of sp³-hybridized carbons (Fsp3) is 0.772. The quantitative estimate of drug-likeness (QED) is 0.0243. The molecular formula is C57H106N2O6P+. The number of aliphatic hydroxyl groups excluding tert-OH is 1. The average Bonchev–Trinajstić information content (AvgIpc) is 3.28. The Labute approximate surface area is 408 Å². The molecule has 0 rings (SSSR count). The van der Waals surface area contributed by atoms with Crippen molar-refractivity contribution in [3.8, 4) is 0 Å². The Morgan fingerprint density at radius 1 is 0.530 bits per heavy atom. The van der Waals surface area contributed by atoms with E-state index >= 15 is 0 Å². The number of nitrogens with zero attached hydrogens (tertiary/aromatic N) is 1. The molecule has 0 fully saturated rings. The molecule has 0 saturated carbocycles. The highest BCUT2D eigenvalue weighted by molar-refractivity contribution is 7.47. The van der Waals surface area contributed by atoms with E-state index in [9.17, 15) is 19.4 Å². The molecule has 66 heavy (non-hydrogen) atoms. The Morgan fingerprint density at radius 2 is 0.909 bits per heavy atom. The smallest absolute Gasteiger partial charge is 0.387 e. The summed E-state index contributed by atoms with van der Waals surface area (Å²) in [6.45, 7) is 4.68. The molecule has 0 heterocycles. The molecule has 384 valence electrons. The van der Waals surface area contributed by atoms with Crippen LogP contribution >= 0.6 is 7.82 Å². The molecule has 3 unspecified atom stereocenters. The maximum absolute atomic E-state index is 12.9. The number of phosphoric ester groups is 1. The molecule has 3 N–H and O–H groups in total. The number of unbranched alkanes of at least 4 members (excludes halogenated alkanes) is 26. The highest BCUT2D eigenvalue weighted by Gasteiger charge is 2.27. The van der Waals surface area contributed by atoms with Crippen LogP contribution < -0.4 is 5.32 Å². The molecule has 0 aromatic heterocycles. The van der Waals surface area contributed by atoms with Crippen LogP contribution in [-0.2, 0) is 18.4 Å². The Balaban J connectivity index is 4.31. The highest BCUT2D eigenvalue weighted by atomic mass is 31.2. The SMILES string of the molecule is CC/C=C\C/C=C\C/C=C\C/C=C\C/C=C\CCCCCC(=O)NC(COP(=O)(O)OCC[N+](C)(C)C)C(O)/C=C/CCCCCCCCCCCCCCCCCCCCCCCCC. The van der Waals surface area contributed by atoms with E-state index in [0.29, 0.717) is 17.4 Å². The Hall–Kier alpha value is -2.06. The van der Waals surface area contributed by atoms with Crippen molar-refractivity contribution in [3.63, 3.8) is 0 Å². The number of hydrogen-bond donors (Lipinski definition) is 3. The highest BCUT2D eigenvalue weighted by Crippen LogP contribution is 2.43. The second kappa shape index (κ2) is 48.0. The average molecular weight is 946 g/mol. The van der Waals surface area contributed by atoms with Crippen molar-refractivity contribution in [2.75, 3.05) is 40.9 Å². The number of carbonyl (C=O) groups is 1. The molecule has 0 spiro atoms. The van der Waals surface area contributed by atoms with Gasteiger partial charge < -0.3 is 19.8 Å². The molecule has 3 atom stereocenters. The topological polar surface area (TPSA) is 105 Å². The molecule has 0 radical (unpaired) electrons. The van der Waals surface area contributed by atoms with Crippen LogP contribution in [-0.4, -0.2) is 73.4 Å². The minimum atomic E-state index is -4.36. The van der Waals surface area contributed by atoms with Crippen LogP contribution in [0, 0.1) is 0 Å². The number of carbonyl (C=O) groups excluding carboxylic acids is 1. The lowest BCUT2D eigenvalue weighted by Crippen LogP contribution is -2.45. The lowest BCUT2D eigenvalue weighted by Gasteiger charge is -2.25. The summed E-state index contributed by atoms with van der Waals surface area (Å²) in [6.07, 6.45) is 65.7. The van der Waals surface area contributed by atoms with Crippen LogP contribution in [0.25, 0.3) is 0 Å². The van der Waals surface area contributed by atoms with Crippen molar-refractivity contribution in [1.82, 2.24) is 5.32 Å². The third-order valence-corrected chi connectivity index (χ3v) is 12.9. The molecule has 0 bridgehead atoms. The summed E-state index contributed by atoms with van der Waals surface area (Å²) in [5.41, 5.74) is 0. The van der Waals surface area contributed by atoms with Gasteiger partial charge in [0.1, 0.15) is 13.2 Å². The van der Waals surface area contributed by atoms with Crippen LogP contribution in [0.2, 0.25) is 0 Å². The lowest BCUT2D eigenvalue weighted by atomic mass is 10.0. The zero-order chi connectivity index (χ0) is 48.5. The van der Waals surface area contributed by atoms with Gasteiger partial charge in [0.25, 0.3) is 0 Å². The molecule has 0 aliphatic carbocycles. The van der Waals surface area contributed by atoms with Gasteiger partial charge in [-0.3, -0.25) is 13.8 Å². The van der Waals surface area contributed by atoms with Gasteiger partial charge in [-0.25, -0.2) is 4.57 Å². The second-order valence-electron chi connectivity index (χ2n) is 19.6. The first-order chi connectivity index (χ1) is 32.0. The largest absolute Gasteiger partial charge is 0.472 e. The first-order valence-corrected chi connectivity index (χ1v) is 28.8. The zero-order valence-corrected chi connectivity index (χ0v) is 44.6. The van der Waals surface area contributed by atoms with Crippen LogP contribution in [0.1, 0.15) is 232 Å². The number of amides is 1. The summed E-state index contributed by atoms with van der Waals surface area (Å²) in [5, 5.41) is 13.9. The molecule has 0 aromatic rings. The summed E-state index contributed by atoms with van der Waals surface area (Å²) in [6, 6.07) is -0.869. The zero-order valence-electron chi connectivity index (χ0n) is 43.7. The summed E-state index contributed by atoms with van der Waals surface area (Å²) in [5.74, 6) is -0.209. The van der Waals surface area contributed by atoms with Crippen LogP contribution in [0.15, 0.2) is 72.9 Å². The molecule has 0 saturated heterocycles. The van der Waals surface area contributed by atoms with E-state index in [2.05, 4.69) is 79.9 Å². The van der Waals surface area contributed by atoms with Gasteiger partial charge >= 0.3 is 7.82 Å². The first-order valence-electron chi connectivity index (χ1n) is 27.3. The Morgan fingerprint density at radius 3 is 1.33 bits per heavy atom.